The molecule has 0 amide bonds. The second-order valence-electron chi connectivity index (χ2n) is 3.96. The van der Waals surface area contributed by atoms with Gasteiger partial charge in [0, 0.05) is 5.56 Å². The van der Waals surface area contributed by atoms with E-state index < -0.39 is 0 Å². The fraction of sp³-hybridized carbons (Fsp3) is 0.250. The van der Waals surface area contributed by atoms with Gasteiger partial charge in [-0.15, -0.1) is 0 Å². The fourth-order valence-electron chi connectivity index (χ4n) is 2.07. The second kappa shape index (κ2) is 3.42. The van der Waals surface area contributed by atoms with Crippen LogP contribution in [0.4, 0.5) is 5.95 Å². The van der Waals surface area contributed by atoms with E-state index in [1.165, 1.54) is 22.3 Å². The Morgan fingerprint density at radius 2 is 1.73 bits per heavy atom. The Hall–Kier alpha value is -1.77. The van der Waals surface area contributed by atoms with Gasteiger partial charge in [0.15, 0.2) is 5.95 Å². The third-order valence-electron chi connectivity index (χ3n) is 2.54. The van der Waals surface area contributed by atoms with Gasteiger partial charge in [-0.1, -0.05) is 17.7 Å². The highest BCUT2D eigenvalue weighted by molar-refractivity contribution is 5.68. The lowest BCUT2D eigenvalue weighted by atomic mass is 9.98. The molecule has 0 saturated carbocycles. The zero-order valence-electron chi connectivity index (χ0n) is 9.26. The summed E-state index contributed by atoms with van der Waals surface area (Å²) < 4.78 is 0. The van der Waals surface area contributed by atoms with E-state index in [4.69, 9.17) is 5.73 Å². The van der Waals surface area contributed by atoms with Crippen LogP contribution in [0.25, 0.3) is 11.3 Å². The van der Waals surface area contributed by atoms with Crippen molar-refractivity contribution in [2.75, 3.05) is 5.73 Å². The summed E-state index contributed by atoms with van der Waals surface area (Å²) in [5.41, 5.74) is 11.5. The number of anilines is 1. The number of benzene rings is 1. The van der Waals surface area contributed by atoms with E-state index in [1.807, 2.05) is 0 Å². The summed E-state index contributed by atoms with van der Waals surface area (Å²) in [7, 11) is 0. The first-order valence-electron chi connectivity index (χ1n) is 4.96. The van der Waals surface area contributed by atoms with Gasteiger partial charge in [0.25, 0.3) is 0 Å². The van der Waals surface area contributed by atoms with Crippen LogP contribution in [0.3, 0.4) is 0 Å². The first kappa shape index (κ1) is 9.77. The summed E-state index contributed by atoms with van der Waals surface area (Å²) in [5, 5.41) is 0. The molecule has 0 saturated heterocycles. The molecular formula is C12H15N3. The van der Waals surface area contributed by atoms with Gasteiger partial charge in [-0.3, -0.25) is 0 Å². The molecule has 0 aliphatic carbocycles. The van der Waals surface area contributed by atoms with Gasteiger partial charge in [0.05, 0.1) is 11.9 Å². The molecule has 1 heterocycles. The molecule has 0 aliphatic heterocycles. The highest BCUT2D eigenvalue weighted by atomic mass is 15.0. The number of aromatic nitrogens is 2. The number of hydrogen-bond acceptors (Lipinski definition) is 2. The predicted molar refractivity (Wildman–Crippen MR) is 62.6 cm³/mol. The minimum absolute atomic E-state index is 0.462. The number of nitrogens with one attached hydrogen (secondary N) is 1. The van der Waals surface area contributed by atoms with Gasteiger partial charge in [0.1, 0.15) is 0 Å². The van der Waals surface area contributed by atoms with Crippen LogP contribution < -0.4 is 5.73 Å². The van der Waals surface area contributed by atoms with Crippen LogP contribution in [0, 0.1) is 20.8 Å². The molecule has 0 radical (unpaired) electrons. The topological polar surface area (TPSA) is 54.7 Å². The van der Waals surface area contributed by atoms with E-state index >= 15 is 0 Å². The van der Waals surface area contributed by atoms with Crippen molar-refractivity contribution in [1.82, 2.24) is 9.97 Å². The van der Waals surface area contributed by atoms with E-state index in [1.54, 1.807) is 6.20 Å². The van der Waals surface area contributed by atoms with Crippen molar-refractivity contribution >= 4 is 5.95 Å². The smallest absolute Gasteiger partial charge is 0.197 e. The number of nitrogens with two attached hydrogens (primary N) is 1. The number of aromatic amines is 1. The molecule has 78 valence electrons. The zero-order chi connectivity index (χ0) is 11.0. The number of hydrogen-bond donors (Lipinski definition) is 2. The van der Waals surface area contributed by atoms with Gasteiger partial charge in [0.2, 0.25) is 0 Å². The number of nitrogen functional groups attached to an aromatic ring is 1. The minimum atomic E-state index is 0.462. The Morgan fingerprint density at radius 3 is 2.20 bits per heavy atom. The third kappa shape index (κ3) is 1.73. The maximum absolute atomic E-state index is 5.58. The van der Waals surface area contributed by atoms with Crippen molar-refractivity contribution in [3.63, 3.8) is 0 Å². The summed E-state index contributed by atoms with van der Waals surface area (Å²) >= 11 is 0. The van der Waals surface area contributed by atoms with Crippen LogP contribution >= 0.6 is 0 Å². The molecular weight excluding hydrogens is 186 g/mol. The van der Waals surface area contributed by atoms with Crippen molar-refractivity contribution in [2.45, 2.75) is 20.8 Å². The van der Waals surface area contributed by atoms with E-state index in [9.17, 15) is 0 Å². The average Bonchev–Trinajstić information content (AvgIpc) is 2.49. The maximum atomic E-state index is 5.58. The van der Waals surface area contributed by atoms with Gasteiger partial charge in [-0.2, -0.15) is 0 Å². The highest BCUT2D eigenvalue weighted by Gasteiger charge is 2.08. The lowest BCUT2D eigenvalue weighted by molar-refractivity contribution is 1.29. The van der Waals surface area contributed by atoms with Crippen LogP contribution in [0.15, 0.2) is 18.3 Å². The van der Waals surface area contributed by atoms with E-state index in [0.717, 1.165) is 5.69 Å². The Bertz CT molecular complexity index is 474. The molecule has 2 aromatic rings. The van der Waals surface area contributed by atoms with Gasteiger partial charge in [-0.25, -0.2) is 4.98 Å². The molecule has 15 heavy (non-hydrogen) atoms. The first-order chi connectivity index (χ1) is 7.08. The van der Waals surface area contributed by atoms with Gasteiger partial charge < -0.3 is 10.7 Å². The molecule has 0 unspecified atom stereocenters. The summed E-state index contributed by atoms with van der Waals surface area (Å²) in [5.74, 6) is 0.462. The largest absolute Gasteiger partial charge is 0.369 e. The van der Waals surface area contributed by atoms with Crippen LogP contribution in [0.1, 0.15) is 16.7 Å². The van der Waals surface area contributed by atoms with Crippen molar-refractivity contribution < 1.29 is 0 Å². The molecule has 3 nitrogen and oxygen atoms in total. The highest BCUT2D eigenvalue weighted by Crippen LogP contribution is 2.27. The second-order valence-corrected chi connectivity index (χ2v) is 3.96. The van der Waals surface area contributed by atoms with E-state index in [2.05, 4.69) is 42.9 Å². The number of aryl methyl sites for hydroxylation is 3. The normalized spacial score (nSPS) is 10.6. The summed E-state index contributed by atoms with van der Waals surface area (Å²) in [6, 6.07) is 4.33. The monoisotopic (exact) mass is 201 g/mol. The Kier molecular flexibility index (Phi) is 2.23. The fourth-order valence-corrected chi connectivity index (χ4v) is 2.07. The number of H-pyrrole nitrogens is 1. The van der Waals surface area contributed by atoms with Crippen LogP contribution in [-0.4, -0.2) is 9.97 Å². The van der Waals surface area contributed by atoms with Gasteiger partial charge >= 0.3 is 0 Å². The SMILES string of the molecule is Cc1cc(C)c(-c2cnc(N)[nH]2)c(C)c1. The first-order valence-corrected chi connectivity index (χ1v) is 4.96. The summed E-state index contributed by atoms with van der Waals surface area (Å²) in [6.07, 6.45) is 1.78. The Balaban J connectivity index is 2.62. The Labute approximate surface area is 89.4 Å². The van der Waals surface area contributed by atoms with Gasteiger partial charge in [-0.05, 0) is 31.9 Å². The molecule has 3 N–H and O–H groups in total. The lowest BCUT2D eigenvalue weighted by Crippen LogP contribution is -1.91. The third-order valence-corrected chi connectivity index (χ3v) is 2.54. The maximum Gasteiger partial charge on any atom is 0.197 e. The molecule has 0 atom stereocenters. The number of rotatable bonds is 1. The molecule has 0 fully saturated rings. The summed E-state index contributed by atoms with van der Waals surface area (Å²) in [4.78, 5) is 7.08. The molecule has 1 aromatic heterocycles. The van der Waals surface area contributed by atoms with Crippen molar-refractivity contribution in [2.24, 2.45) is 0 Å². The number of imidazole rings is 1. The molecule has 3 heteroatoms. The predicted octanol–water partition coefficient (Wildman–Crippen LogP) is 2.58. The molecule has 0 aliphatic rings. The molecule has 1 aromatic carbocycles. The van der Waals surface area contributed by atoms with Crippen molar-refractivity contribution in [3.05, 3.63) is 35.0 Å². The summed E-state index contributed by atoms with van der Waals surface area (Å²) in [6.45, 7) is 6.31. The van der Waals surface area contributed by atoms with Crippen LogP contribution in [0.5, 0.6) is 0 Å². The molecule has 0 spiro atoms. The van der Waals surface area contributed by atoms with E-state index in [0.29, 0.717) is 5.95 Å². The Morgan fingerprint density at radius 1 is 1.13 bits per heavy atom. The standard InChI is InChI=1S/C12H15N3/c1-7-4-8(2)11(9(3)5-7)10-6-14-12(13)15-10/h4-6H,1-3H3,(H3,13,14,15). The average molecular weight is 201 g/mol. The number of nitrogens with zero attached hydrogens (tertiary/aromatic N) is 1. The zero-order valence-corrected chi connectivity index (χ0v) is 9.26. The molecule has 2 rings (SSSR count). The molecule has 0 bridgehead atoms. The van der Waals surface area contributed by atoms with Crippen molar-refractivity contribution in [3.8, 4) is 11.3 Å². The van der Waals surface area contributed by atoms with Crippen LogP contribution in [-0.2, 0) is 0 Å². The van der Waals surface area contributed by atoms with Crippen molar-refractivity contribution in [1.29, 1.82) is 0 Å². The quantitative estimate of drug-likeness (QED) is 0.745. The van der Waals surface area contributed by atoms with Crippen LogP contribution in [0.2, 0.25) is 0 Å². The minimum Gasteiger partial charge on any atom is -0.369 e. The lowest BCUT2D eigenvalue weighted by Gasteiger charge is -2.08. The van der Waals surface area contributed by atoms with E-state index in [-0.39, 0.29) is 0 Å².